The number of pyridine rings is 1. The second kappa shape index (κ2) is 23.8. The maximum absolute atomic E-state index is 14.2. The van der Waals surface area contributed by atoms with Gasteiger partial charge in [0.1, 0.15) is 35.2 Å². The molecule has 2 aromatic carbocycles. The molecule has 16 nitrogen and oxygen atoms in total. The molecule has 3 saturated heterocycles. The van der Waals surface area contributed by atoms with Crippen molar-refractivity contribution in [3.8, 4) is 21.8 Å². The van der Waals surface area contributed by atoms with Crippen molar-refractivity contribution >= 4 is 52.2 Å². The van der Waals surface area contributed by atoms with E-state index in [1.54, 1.807) is 29.7 Å². The number of nitrogens with one attached hydrogen (secondary N) is 2. The number of imidazole rings is 1. The van der Waals surface area contributed by atoms with Gasteiger partial charge in [-0.2, -0.15) is 0 Å². The van der Waals surface area contributed by atoms with Crippen molar-refractivity contribution in [1.29, 1.82) is 0 Å². The van der Waals surface area contributed by atoms with Crippen molar-refractivity contribution < 1.29 is 28.7 Å². The summed E-state index contributed by atoms with van der Waals surface area (Å²) in [5, 5.41) is 21.6. The molecule has 0 bridgehead atoms. The molecule has 4 amide bonds. The van der Waals surface area contributed by atoms with Gasteiger partial charge in [-0.05, 0) is 91.1 Å². The summed E-state index contributed by atoms with van der Waals surface area (Å²) in [4.78, 5) is 77.0. The molecule has 0 aliphatic carbocycles. The number of anilines is 2. The van der Waals surface area contributed by atoms with Crippen LogP contribution in [-0.2, 0) is 25.7 Å². The molecular formula is C57H70FN11O5S. The summed E-state index contributed by atoms with van der Waals surface area (Å²) >= 11 is 1.58. The van der Waals surface area contributed by atoms with Crippen LogP contribution in [0.2, 0.25) is 0 Å². The average Bonchev–Trinajstić information content (AvgIpc) is 4.25. The van der Waals surface area contributed by atoms with Crippen LogP contribution in [0, 0.1) is 18.2 Å². The summed E-state index contributed by atoms with van der Waals surface area (Å²) in [6.45, 7) is 11.4. The van der Waals surface area contributed by atoms with Crippen LogP contribution >= 0.6 is 11.3 Å². The van der Waals surface area contributed by atoms with Crippen LogP contribution in [0.1, 0.15) is 114 Å². The van der Waals surface area contributed by atoms with Crippen LogP contribution in [0.3, 0.4) is 0 Å². The van der Waals surface area contributed by atoms with Gasteiger partial charge in [-0.25, -0.2) is 23.9 Å². The number of aryl methyl sites for hydroxylation is 1. The molecule has 4 atom stereocenters. The normalized spacial score (nSPS) is 18.5. The average molecular weight is 1040 g/mol. The summed E-state index contributed by atoms with van der Waals surface area (Å²) < 4.78 is 16.0. The van der Waals surface area contributed by atoms with Gasteiger partial charge in [0.25, 0.3) is 0 Å². The second-order valence-electron chi connectivity index (χ2n) is 21.3. The minimum absolute atomic E-state index is 0.0208. The molecule has 18 heteroatoms. The third-order valence-corrected chi connectivity index (χ3v) is 15.8. The van der Waals surface area contributed by atoms with Gasteiger partial charge in [-0.1, -0.05) is 88.9 Å². The Kier molecular flexibility index (Phi) is 16.9. The van der Waals surface area contributed by atoms with Crippen LogP contribution in [0.4, 0.5) is 16.0 Å². The van der Waals surface area contributed by atoms with Crippen LogP contribution in [0.15, 0.2) is 90.6 Å². The van der Waals surface area contributed by atoms with Crippen molar-refractivity contribution in [2.45, 2.75) is 129 Å². The third-order valence-electron chi connectivity index (χ3n) is 14.8. The predicted octanol–water partition coefficient (Wildman–Crippen LogP) is 8.28. The minimum Gasteiger partial charge on any atom is -0.391 e. The van der Waals surface area contributed by atoms with Crippen molar-refractivity contribution in [2.75, 3.05) is 49.1 Å². The van der Waals surface area contributed by atoms with E-state index in [1.807, 2.05) is 103 Å². The number of unbranched alkanes of at least 4 members (excludes halogenated alkanes) is 5. The Hall–Kier alpha value is -6.79. The lowest BCUT2D eigenvalue weighted by atomic mass is 9.85. The van der Waals surface area contributed by atoms with E-state index >= 15 is 0 Å². The number of rotatable bonds is 19. The number of piperazine rings is 1. The number of thiazole rings is 1. The Morgan fingerprint density at radius 2 is 1.60 bits per heavy atom. The van der Waals surface area contributed by atoms with E-state index in [0.717, 1.165) is 102 Å². The van der Waals surface area contributed by atoms with Gasteiger partial charge >= 0.3 is 0 Å². The van der Waals surface area contributed by atoms with Gasteiger partial charge in [0.15, 0.2) is 5.65 Å². The molecule has 4 aromatic heterocycles. The first-order valence-electron chi connectivity index (χ1n) is 26.6. The van der Waals surface area contributed by atoms with Crippen molar-refractivity contribution in [1.82, 2.24) is 45.0 Å². The number of likely N-dealkylation sites (tertiary alicyclic amines) is 1. The zero-order valence-electron chi connectivity index (χ0n) is 43.6. The van der Waals surface area contributed by atoms with Gasteiger partial charge in [0.2, 0.25) is 23.6 Å². The third kappa shape index (κ3) is 12.8. The Balaban J connectivity index is 0.672. The van der Waals surface area contributed by atoms with Crippen LogP contribution in [-0.4, -0.2) is 121 Å². The van der Waals surface area contributed by atoms with E-state index in [9.17, 15) is 28.7 Å². The number of carbonyl (C=O) groups excluding carboxylic acids is 4. The molecule has 3 aliphatic rings. The van der Waals surface area contributed by atoms with Crippen molar-refractivity contribution in [3.63, 3.8) is 0 Å². The lowest BCUT2D eigenvalue weighted by Crippen LogP contribution is -2.57. The molecule has 0 radical (unpaired) electrons. The van der Waals surface area contributed by atoms with Gasteiger partial charge in [0, 0.05) is 65.1 Å². The maximum atomic E-state index is 14.2. The van der Waals surface area contributed by atoms with Gasteiger partial charge in [-0.15, -0.1) is 16.4 Å². The number of fused-ring (bicyclic) bond motifs is 1. The number of aliphatic hydroxyl groups excluding tert-OH is 1. The minimum atomic E-state index is -0.871. The Morgan fingerprint density at radius 1 is 0.853 bits per heavy atom. The van der Waals surface area contributed by atoms with Gasteiger partial charge < -0.3 is 35.3 Å². The van der Waals surface area contributed by atoms with E-state index < -0.39 is 23.6 Å². The molecule has 6 aromatic rings. The standard InChI is InChI=1S/C57H70FN11O5S/c1-38-53(75-37-61-38)40-23-21-39(22-24-40)34-60-55(73)46-33-43(70)36-68(46)56(74)54(57(2,3)4)63-51(71)19-9-7-5-6-8-10-20-52(72)66-30-28-65(29-31-66)49-18-12-16-44(62-49)47-35-59-48-25-26-50(64-69(47)48)67-27-13-17-45(67)41-14-11-15-42(58)32-41/h11-12,14-16,18,21-26,32,35,37,43,45-46,54,70H,5-10,13,17,19-20,27-31,33-34,36H2,1-4H3,(H,60,73)(H,63,71)/t43-,45-,46+,54-/m1/s1. The number of carbonyl (C=O) groups is 4. The molecule has 75 heavy (non-hydrogen) atoms. The molecule has 9 rings (SSSR count). The predicted molar refractivity (Wildman–Crippen MR) is 289 cm³/mol. The van der Waals surface area contributed by atoms with Crippen LogP contribution < -0.4 is 20.4 Å². The largest absolute Gasteiger partial charge is 0.391 e. The molecule has 3 fully saturated rings. The van der Waals surface area contributed by atoms with E-state index in [2.05, 4.69) is 30.4 Å². The highest BCUT2D eigenvalue weighted by Crippen LogP contribution is 2.36. The Bertz CT molecular complexity index is 2950. The fourth-order valence-corrected chi connectivity index (χ4v) is 11.5. The molecule has 396 valence electrons. The number of hydrogen-bond acceptors (Lipinski definition) is 12. The summed E-state index contributed by atoms with van der Waals surface area (Å²) in [6, 6.07) is 23.0. The van der Waals surface area contributed by atoms with Crippen LogP contribution in [0.5, 0.6) is 0 Å². The van der Waals surface area contributed by atoms with E-state index in [4.69, 9.17) is 10.1 Å². The SMILES string of the molecule is Cc1ncsc1-c1ccc(CNC(=O)[C@@H]2C[C@@H](O)CN2C(=O)[C@@H](NC(=O)CCCCCCCCC(=O)N2CCN(c3cccc(-c4cnc5ccc(N6CCC[C@@H]6c6cccc(F)c6)nn45)n3)CC2)C(C)(C)C)cc1. The molecule has 3 N–H and O–H groups in total. The monoisotopic (exact) mass is 1040 g/mol. The molecule has 0 spiro atoms. The molecule has 3 aliphatic heterocycles. The summed E-state index contributed by atoms with van der Waals surface area (Å²) in [5.41, 5.74) is 7.32. The first kappa shape index (κ1) is 53.1. The number of nitrogens with zero attached hydrogens (tertiary/aromatic N) is 9. The Labute approximate surface area is 442 Å². The first-order chi connectivity index (χ1) is 36.2. The highest BCUT2D eigenvalue weighted by molar-refractivity contribution is 7.13. The molecule has 0 unspecified atom stereocenters. The topological polar surface area (TPSA) is 182 Å². The first-order valence-corrected chi connectivity index (χ1v) is 27.5. The number of β-amino-alcohol motifs (C(OH)–C–C–N with tert-alkyl or cyclic N) is 1. The zero-order valence-corrected chi connectivity index (χ0v) is 44.4. The zero-order chi connectivity index (χ0) is 52.6. The summed E-state index contributed by atoms with van der Waals surface area (Å²) in [6.07, 6.45) is 8.93. The van der Waals surface area contributed by atoms with Crippen molar-refractivity contribution in [2.24, 2.45) is 5.41 Å². The maximum Gasteiger partial charge on any atom is 0.246 e. The van der Waals surface area contributed by atoms with E-state index in [-0.39, 0.29) is 61.4 Å². The molecule has 7 heterocycles. The number of aromatic nitrogens is 5. The number of halogens is 1. The molecular weight excluding hydrogens is 970 g/mol. The summed E-state index contributed by atoms with van der Waals surface area (Å²) in [5.74, 6) is 0.646. The number of benzene rings is 2. The van der Waals surface area contributed by atoms with Gasteiger partial charge in [0.05, 0.1) is 40.1 Å². The lowest BCUT2D eigenvalue weighted by Gasteiger charge is -2.35. The Morgan fingerprint density at radius 3 is 2.33 bits per heavy atom. The number of hydrogen-bond donors (Lipinski definition) is 3. The lowest BCUT2D eigenvalue weighted by molar-refractivity contribution is -0.144. The van der Waals surface area contributed by atoms with E-state index in [1.165, 1.54) is 11.0 Å². The van der Waals surface area contributed by atoms with Gasteiger partial charge in [-0.3, -0.25) is 19.2 Å². The number of amides is 4. The second-order valence-corrected chi connectivity index (χ2v) is 22.2. The quantitative estimate of drug-likeness (QED) is 0.0665. The van der Waals surface area contributed by atoms with E-state index in [0.29, 0.717) is 44.7 Å². The summed E-state index contributed by atoms with van der Waals surface area (Å²) in [7, 11) is 0. The smallest absolute Gasteiger partial charge is 0.246 e. The number of aliphatic hydroxyl groups is 1. The molecule has 0 saturated carbocycles. The highest BCUT2D eigenvalue weighted by atomic mass is 32.1. The van der Waals surface area contributed by atoms with Crippen molar-refractivity contribution in [3.05, 3.63) is 113 Å². The highest BCUT2D eigenvalue weighted by Gasteiger charge is 2.44. The van der Waals surface area contributed by atoms with Crippen LogP contribution in [0.25, 0.3) is 27.5 Å². The fourth-order valence-electron chi connectivity index (χ4n) is 10.7. The fraction of sp³-hybridized carbons (Fsp3) is 0.474.